The molecule has 3 atom stereocenters. The Morgan fingerprint density at radius 2 is 1.73 bits per heavy atom. The lowest BCUT2D eigenvalue weighted by Gasteiger charge is -2.18. The average molecular weight is 358 g/mol. The first-order valence-electron chi connectivity index (χ1n) is 9.81. The third kappa shape index (κ3) is 2.56. The number of imidazole rings is 1. The molecule has 2 bridgehead atoms. The van der Waals surface area contributed by atoms with Crippen LogP contribution in [0.2, 0.25) is 0 Å². The van der Waals surface area contributed by atoms with Crippen LogP contribution < -0.4 is 11.2 Å². The van der Waals surface area contributed by atoms with Crippen molar-refractivity contribution >= 4 is 16.9 Å². The van der Waals surface area contributed by atoms with Gasteiger partial charge in [-0.05, 0) is 38.0 Å². The van der Waals surface area contributed by atoms with Gasteiger partial charge in [-0.3, -0.25) is 18.7 Å². The predicted molar refractivity (Wildman–Crippen MR) is 98.4 cm³/mol. The van der Waals surface area contributed by atoms with Crippen LogP contribution in [0.3, 0.4) is 0 Å². The lowest BCUT2D eigenvalue weighted by Crippen LogP contribution is -2.40. The van der Waals surface area contributed by atoms with Gasteiger partial charge < -0.3 is 4.98 Å². The van der Waals surface area contributed by atoms with Crippen LogP contribution in [-0.4, -0.2) is 24.9 Å². The number of hydrogen-bond acceptors (Lipinski definition) is 4. The van der Waals surface area contributed by atoms with Crippen LogP contribution in [-0.2, 0) is 17.9 Å². The molecule has 0 saturated heterocycles. The highest BCUT2D eigenvalue weighted by molar-refractivity contribution is 5.83. The van der Waals surface area contributed by atoms with E-state index in [1.165, 1.54) is 4.57 Å². The number of nitrogens with zero attached hydrogens (tertiary/aromatic N) is 3. The van der Waals surface area contributed by atoms with Crippen molar-refractivity contribution in [1.82, 2.24) is 19.1 Å². The lowest BCUT2D eigenvalue weighted by atomic mass is 9.85. The van der Waals surface area contributed by atoms with E-state index < -0.39 is 0 Å². The largest absolute Gasteiger partial charge is 0.336 e. The van der Waals surface area contributed by atoms with Gasteiger partial charge in [-0.15, -0.1) is 0 Å². The normalized spacial score (nSPS) is 25.3. The summed E-state index contributed by atoms with van der Waals surface area (Å²) in [4.78, 5) is 45.8. The van der Waals surface area contributed by atoms with Crippen LogP contribution >= 0.6 is 0 Å². The second-order valence-corrected chi connectivity index (χ2v) is 7.77. The van der Waals surface area contributed by atoms with Gasteiger partial charge in [0, 0.05) is 31.3 Å². The maximum atomic E-state index is 12.8. The molecule has 0 spiro atoms. The number of ketones is 1. The van der Waals surface area contributed by atoms with E-state index in [1.54, 1.807) is 4.57 Å². The number of hydrogen-bond donors (Lipinski definition) is 1. The topological polar surface area (TPSA) is 89.8 Å². The summed E-state index contributed by atoms with van der Waals surface area (Å²) in [6.45, 7) is 4.88. The zero-order chi connectivity index (χ0) is 18.4. The zero-order valence-corrected chi connectivity index (χ0v) is 15.5. The van der Waals surface area contributed by atoms with Crippen LogP contribution in [0, 0.1) is 11.8 Å². The molecule has 26 heavy (non-hydrogen) atoms. The molecule has 0 amide bonds. The number of aromatic amines is 1. The van der Waals surface area contributed by atoms with E-state index in [2.05, 4.69) is 9.97 Å². The molecule has 0 radical (unpaired) electrons. The van der Waals surface area contributed by atoms with Gasteiger partial charge in [0.2, 0.25) is 0 Å². The molecule has 4 rings (SSSR count). The fourth-order valence-corrected chi connectivity index (χ4v) is 4.77. The van der Waals surface area contributed by atoms with E-state index in [0.29, 0.717) is 54.6 Å². The fourth-order valence-electron chi connectivity index (χ4n) is 4.77. The van der Waals surface area contributed by atoms with Gasteiger partial charge >= 0.3 is 5.69 Å². The maximum Gasteiger partial charge on any atom is 0.332 e. The van der Waals surface area contributed by atoms with E-state index in [4.69, 9.17) is 0 Å². The highest BCUT2D eigenvalue weighted by Gasteiger charge is 2.44. The molecule has 2 aliphatic rings. The molecular formula is C19H26N4O3. The van der Waals surface area contributed by atoms with Gasteiger partial charge in [0.15, 0.2) is 5.65 Å². The van der Waals surface area contributed by atoms with Crippen molar-refractivity contribution in [2.24, 2.45) is 11.8 Å². The number of fused-ring (bicyclic) bond motifs is 3. The number of aryl methyl sites for hydroxylation is 1. The Balaban J connectivity index is 1.88. The first-order valence-corrected chi connectivity index (χ1v) is 9.81. The SMILES string of the molecule is CCCn1c(=O)c2[nH]c(C3CC4CCC(=O)C3C4)nc2n(CCC)c1=O. The molecule has 2 fully saturated rings. The average Bonchev–Trinajstić information content (AvgIpc) is 3.21. The van der Waals surface area contributed by atoms with Crippen LogP contribution in [0.5, 0.6) is 0 Å². The number of rotatable bonds is 5. The molecule has 7 nitrogen and oxygen atoms in total. The molecule has 1 N–H and O–H groups in total. The molecule has 7 heteroatoms. The lowest BCUT2D eigenvalue weighted by molar-refractivity contribution is -0.124. The van der Waals surface area contributed by atoms with Crippen molar-refractivity contribution in [2.45, 2.75) is 71.4 Å². The number of carbonyl (C=O) groups excluding carboxylic acids is 1. The quantitative estimate of drug-likeness (QED) is 0.887. The Morgan fingerprint density at radius 3 is 2.46 bits per heavy atom. The van der Waals surface area contributed by atoms with Gasteiger partial charge in [0.05, 0.1) is 0 Å². The summed E-state index contributed by atoms with van der Waals surface area (Å²) in [6, 6.07) is 0. The van der Waals surface area contributed by atoms with Gasteiger partial charge in [-0.2, -0.15) is 0 Å². The Bertz CT molecular complexity index is 968. The van der Waals surface area contributed by atoms with Crippen molar-refractivity contribution in [2.75, 3.05) is 0 Å². The van der Waals surface area contributed by atoms with Gasteiger partial charge in [0.1, 0.15) is 17.1 Å². The first-order chi connectivity index (χ1) is 12.5. The summed E-state index contributed by atoms with van der Waals surface area (Å²) in [5.74, 6) is 1.66. The Morgan fingerprint density at radius 1 is 1.04 bits per heavy atom. The Labute approximate surface area is 151 Å². The van der Waals surface area contributed by atoms with E-state index in [1.807, 2.05) is 13.8 Å². The van der Waals surface area contributed by atoms with Crippen molar-refractivity contribution < 1.29 is 4.79 Å². The van der Waals surface area contributed by atoms with Crippen LogP contribution in [0.1, 0.15) is 64.1 Å². The van der Waals surface area contributed by atoms with Gasteiger partial charge in [-0.25, -0.2) is 9.78 Å². The highest BCUT2D eigenvalue weighted by Crippen LogP contribution is 2.48. The van der Waals surface area contributed by atoms with Gasteiger partial charge in [-0.1, -0.05) is 13.8 Å². The van der Waals surface area contributed by atoms with Crippen molar-refractivity contribution in [3.8, 4) is 0 Å². The maximum absolute atomic E-state index is 12.8. The summed E-state index contributed by atoms with van der Waals surface area (Å²) >= 11 is 0. The summed E-state index contributed by atoms with van der Waals surface area (Å²) in [7, 11) is 0. The number of carbonyl (C=O) groups is 1. The molecule has 2 saturated carbocycles. The third-order valence-electron chi connectivity index (χ3n) is 6.00. The Kier molecular flexibility index (Phi) is 4.32. The summed E-state index contributed by atoms with van der Waals surface area (Å²) in [5, 5.41) is 0. The molecule has 2 aromatic rings. The first kappa shape index (κ1) is 17.2. The Hall–Kier alpha value is -2.18. The molecule has 0 aliphatic heterocycles. The van der Waals surface area contributed by atoms with E-state index in [-0.39, 0.29) is 23.1 Å². The molecule has 2 aromatic heterocycles. The minimum absolute atomic E-state index is 0.0125. The van der Waals surface area contributed by atoms with E-state index in [9.17, 15) is 14.4 Å². The number of H-pyrrole nitrogens is 1. The highest BCUT2D eigenvalue weighted by atomic mass is 16.2. The summed E-state index contributed by atoms with van der Waals surface area (Å²) < 4.78 is 2.91. The van der Waals surface area contributed by atoms with Crippen LogP contribution in [0.4, 0.5) is 0 Å². The molecule has 2 heterocycles. The second-order valence-electron chi connectivity index (χ2n) is 7.77. The monoisotopic (exact) mass is 358 g/mol. The zero-order valence-electron chi connectivity index (χ0n) is 15.5. The van der Waals surface area contributed by atoms with Crippen molar-refractivity contribution in [3.63, 3.8) is 0 Å². The summed E-state index contributed by atoms with van der Waals surface area (Å²) in [5.41, 5.74) is 0.254. The predicted octanol–water partition coefficient (Wildman–Crippen LogP) is 2.18. The number of Topliss-reactive ketones (excluding diaryl/α,β-unsaturated/α-hetero) is 1. The standard InChI is InChI=1S/C19H26N4O3/c1-3-7-22-17-15(18(25)23(8-4-2)19(22)26)20-16(21-17)13-10-11-5-6-14(24)12(13)9-11/h11-13H,3-10H2,1-2H3,(H,20,21). The molecule has 2 aliphatic carbocycles. The van der Waals surface area contributed by atoms with Gasteiger partial charge in [0.25, 0.3) is 5.56 Å². The summed E-state index contributed by atoms with van der Waals surface area (Å²) in [6.07, 6.45) is 5.01. The van der Waals surface area contributed by atoms with Crippen molar-refractivity contribution in [3.05, 3.63) is 26.7 Å². The molecular weight excluding hydrogens is 332 g/mol. The minimum Gasteiger partial charge on any atom is -0.336 e. The van der Waals surface area contributed by atoms with Crippen LogP contribution in [0.25, 0.3) is 11.2 Å². The third-order valence-corrected chi connectivity index (χ3v) is 6.00. The molecule has 0 aromatic carbocycles. The smallest absolute Gasteiger partial charge is 0.332 e. The van der Waals surface area contributed by atoms with E-state index >= 15 is 0 Å². The number of nitrogens with one attached hydrogen (secondary N) is 1. The second kappa shape index (κ2) is 6.52. The van der Waals surface area contributed by atoms with E-state index in [0.717, 1.165) is 25.7 Å². The molecule has 140 valence electrons. The van der Waals surface area contributed by atoms with Crippen LogP contribution in [0.15, 0.2) is 9.59 Å². The fraction of sp³-hybridized carbons (Fsp3) is 0.684. The van der Waals surface area contributed by atoms with Crippen molar-refractivity contribution in [1.29, 1.82) is 0 Å². The molecule has 3 unspecified atom stereocenters. The minimum atomic E-state index is -0.301. The number of aromatic nitrogens is 4.